The Bertz CT molecular complexity index is 677. The Balaban J connectivity index is 1.68. The topological polar surface area (TPSA) is 116 Å². The van der Waals surface area contributed by atoms with Crippen LogP contribution in [0.4, 0.5) is 5.69 Å². The number of tetrazole rings is 1. The van der Waals surface area contributed by atoms with E-state index < -0.39 is 4.92 Å². The molecule has 1 N–H and O–H groups in total. The lowest BCUT2D eigenvalue weighted by Gasteiger charge is -2.00. The Labute approximate surface area is 119 Å². The normalized spacial score (nSPS) is 13.9. The molecule has 1 saturated carbocycles. The Hall–Kier alpha value is -2.84. The second kappa shape index (κ2) is 5.27. The third-order valence-corrected chi connectivity index (χ3v) is 3.02. The monoisotopic (exact) mass is 288 g/mol. The molecule has 9 heteroatoms. The van der Waals surface area contributed by atoms with Crippen molar-refractivity contribution in [3.8, 4) is 11.4 Å². The summed E-state index contributed by atoms with van der Waals surface area (Å²) in [6.07, 6.45) is 2.04. The Morgan fingerprint density at radius 3 is 2.71 bits per heavy atom. The van der Waals surface area contributed by atoms with Crippen LogP contribution in [0, 0.1) is 10.1 Å². The zero-order chi connectivity index (χ0) is 14.8. The van der Waals surface area contributed by atoms with Gasteiger partial charge in [-0.2, -0.15) is 4.80 Å². The molecule has 1 heterocycles. The lowest BCUT2D eigenvalue weighted by Crippen LogP contribution is -2.30. The summed E-state index contributed by atoms with van der Waals surface area (Å²) in [5, 5.41) is 25.1. The Kier molecular flexibility index (Phi) is 3.30. The first kappa shape index (κ1) is 13.2. The van der Waals surface area contributed by atoms with Gasteiger partial charge in [-0.15, -0.1) is 10.2 Å². The number of nitro benzene ring substituents is 1. The summed E-state index contributed by atoms with van der Waals surface area (Å²) in [6, 6.07) is 6.12. The van der Waals surface area contributed by atoms with E-state index in [0.717, 1.165) is 12.8 Å². The second-order valence-corrected chi connectivity index (χ2v) is 4.79. The predicted octanol–water partition coefficient (Wildman–Crippen LogP) is 0.527. The van der Waals surface area contributed by atoms with Crippen LogP contribution in [0.25, 0.3) is 11.4 Å². The van der Waals surface area contributed by atoms with Gasteiger partial charge in [0.1, 0.15) is 6.54 Å². The van der Waals surface area contributed by atoms with Crippen molar-refractivity contribution in [3.05, 3.63) is 34.4 Å². The van der Waals surface area contributed by atoms with E-state index in [-0.39, 0.29) is 24.2 Å². The largest absolute Gasteiger partial charge is 0.352 e. The van der Waals surface area contributed by atoms with Crippen LogP contribution in [0.15, 0.2) is 24.3 Å². The lowest BCUT2D eigenvalue weighted by atomic mass is 10.2. The summed E-state index contributed by atoms with van der Waals surface area (Å²) in [5.41, 5.74) is 0.601. The molecule has 1 aromatic heterocycles. The average molecular weight is 288 g/mol. The number of amides is 1. The molecule has 9 nitrogen and oxygen atoms in total. The third kappa shape index (κ3) is 3.19. The van der Waals surface area contributed by atoms with Gasteiger partial charge < -0.3 is 5.32 Å². The number of nitrogens with zero attached hydrogens (tertiary/aromatic N) is 5. The smallest absolute Gasteiger partial charge is 0.269 e. The molecule has 0 unspecified atom stereocenters. The van der Waals surface area contributed by atoms with Gasteiger partial charge in [0, 0.05) is 23.7 Å². The van der Waals surface area contributed by atoms with Gasteiger partial charge in [0.25, 0.3) is 5.69 Å². The van der Waals surface area contributed by atoms with E-state index in [0.29, 0.717) is 11.4 Å². The molecule has 0 atom stereocenters. The number of benzene rings is 1. The molecule has 0 aliphatic heterocycles. The van der Waals surface area contributed by atoms with Crippen molar-refractivity contribution < 1.29 is 9.72 Å². The first-order chi connectivity index (χ1) is 10.1. The van der Waals surface area contributed by atoms with Crippen molar-refractivity contribution in [1.82, 2.24) is 25.5 Å². The second-order valence-electron chi connectivity index (χ2n) is 4.79. The number of aromatic nitrogens is 4. The SMILES string of the molecule is O=C(Cn1nnc(-c2ccc([N+](=O)[O-])cc2)n1)NC1CC1. The summed E-state index contributed by atoms with van der Waals surface area (Å²) in [5.74, 6) is 0.175. The fourth-order valence-electron chi connectivity index (χ4n) is 1.79. The van der Waals surface area contributed by atoms with Crippen LogP contribution in [0.1, 0.15) is 12.8 Å². The van der Waals surface area contributed by atoms with Gasteiger partial charge in [-0.1, -0.05) is 0 Å². The molecule has 2 aromatic rings. The van der Waals surface area contributed by atoms with Crippen molar-refractivity contribution in [2.75, 3.05) is 0 Å². The molecular formula is C12H12N6O3. The molecule has 108 valence electrons. The number of rotatable bonds is 5. The predicted molar refractivity (Wildman–Crippen MR) is 71.1 cm³/mol. The van der Waals surface area contributed by atoms with Crippen LogP contribution in [0.3, 0.4) is 0 Å². The highest BCUT2D eigenvalue weighted by molar-refractivity contribution is 5.76. The summed E-state index contributed by atoms with van der Waals surface area (Å²) in [6.45, 7) is 0.0104. The van der Waals surface area contributed by atoms with Crippen molar-refractivity contribution >= 4 is 11.6 Å². The number of carbonyl (C=O) groups excluding carboxylic acids is 1. The van der Waals surface area contributed by atoms with E-state index >= 15 is 0 Å². The van der Waals surface area contributed by atoms with E-state index in [1.807, 2.05) is 0 Å². The summed E-state index contributed by atoms with van der Waals surface area (Å²) >= 11 is 0. The maximum Gasteiger partial charge on any atom is 0.269 e. The fraction of sp³-hybridized carbons (Fsp3) is 0.333. The third-order valence-electron chi connectivity index (χ3n) is 3.02. The van der Waals surface area contributed by atoms with Crippen LogP contribution >= 0.6 is 0 Å². The highest BCUT2D eigenvalue weighted by Gasteiger charge is 2.23. The van der Waals surface area contributed by atoms with Crippen LogP contribution in [0.5, 0.6) is 0 Å². The van der Waals surface area contributed by atoms with E-state index in [1.165, 1.54) is 16.9 Å². The van der Waals surface area contributed by atoms with Gasteiger partial charge >= 0.3 is 0 Å². The maximum absolute atomic E-state index is 11.6. The number of hydrogen-bond acceptors (Lipinski definition) is 6. The standard InChI is InChI=1S/C12H12N6O3/c19-11(13-9-3-4-9)7-17-15-12(14-16-17)8-1-5-10(6-2-8)18(20)21/h1-2,5-6,9H,3-4,7H2,(H,13,19). The van der Waals surface area contributed by atoms with Gasteiger partial charge in [0.2, 0.25) is 11.7 Å². The van der Waals surface area contributed by atoms with E-state index in [1.54, 1.807) is 12.1 Å². The van der Waals surface area contributed by atoms with Crippen LogP contribution in [-0.4, -0.2) is 37.1 Å². The molecular weight excluding hydrogens is 276 g/mol. The first-order valence-corrected chi connectivity index (χ1v) is 6.44. The number of carbonyl (C=O) groups is 1. The van der Waals surface area contributed by atoms with Crippen LogP contribution in [0.2, 0.25) is 0 Å². The number of non-ortho nitro benzene ring substituents is 1. The molecule has 1 aliphatic carbocycles. The van der Waals surface area contributed by atoms with Crippen LogP contribution < -0.4 is 5.32 Å². The zero-order valence-electron chi connectivity index (χ0n) is 11.0. The van der Waals surface area contributed by atoms with E-state index in [2.05, 4.69) is 20.7 Å². The molecule has 0 spiro atoms. The molecule has 0 bridgehead atoms. The fourth-order valence-corrected chi connectivity index (χ4v) is 1.79. The molecule has 0 saturated heterocycles. The molecule has 0 radical (unpaired) electrons. The summed E-state index contributed by atoms with van der Waals surface area (Å²) < 4.78 is 0. The number of hydrogen-bond donors (Lipinski definition) is 1. The van der Waals surface area contributed by atoms with E-state index in [4.69, 9.17) is 0 Å². The molecule has 3 rings (SSSR count). The Morgan fingerprint density at radius 1 is 1.38 bits per heavy atom. The molecule has 1 amide bonds. The minimum atomic E-state index is -0.476. The quantitative estimate of drug-likeness (QED) is 0.633. The molecule has 1 aromatic carbocycles. The zero-order valence-corrected chi connectivity index (χ0v) is 11.0. The number of nitrogens with one attached hydrogen (secondary N) is 1. The van der Waals surface area contributed by atoms with Crippen molar-refractivity contribution in [3.63, 3.8) is 0 Å². The highest BCUT2D eigenvalue weighted by atomic mass is 16.6. The minimum absolute atomic E-state index is 0.00467. The van der Waals surface area contributed by atoms with Crippen molar-refractivity contribution in [2.24, 2.45) is 0 Å². The van der Waals surface area contributed by atoms with Gasteiger partial charge in [-0.25, -0.2) is 0 Å². The first-order valence-electron chi connectivity index (χ1n) is 6.44. The van der Waals surface area contributed by atoms with E-state index in [9.17, 15) is 14.9 Å². The number of nitro groups is 1. The van der Waals surface area contributed by atoms with Gasteiger partial charge in [0.05, 0.1) is 4.92 Å². The van der Waals surface area contributed by atoms with Gasteiger partial charge in [-0.3, -0.25) is 14.9 Å². The molecule has 1 aliphatic rings. The summed E-state index contributed by atoms with van der Waals surface area (Å²) in [7, 11) is 0. The maximum atomic E-state index is 11.6. The summed E-state index contributed by atoms with van der Waals surface area (Å²) in [4.78, 5) is 22.9. The van der Waals surface area contributed by atoms with Crippen LogP contribution in [-0.2, 0) is 11.3 Å². The van der Waals surface area contributed by atoms with Gasteiger partial charge in [-0.05, 0) is 30.2 Å². The molecule has 1 fully saturated rings. The minimum Gasteiger partial charge on any atom is -0.352 e. The van der Waals surface area contributed by atoms with Crippen molar-refractivity contribution in [1.29, 1.82) is 0 Å². The van der Waals surface area contributed by atoms with Crippen molar-refractivity contribution in [2.45, 2.75) is 25.4 Å². The Morgan fingerprint density at radius 2 is 2.10 bits per heavy atom. The highest BCUT2D eigenvalue weighted by Crippen LogP contribution is 2.19. The van der Waals surface area contributed by atoms with Gasteiger partial charge in [0.15, 0.2) is 0 Å². The lowest BCUT2D eigenvalue weighted by molar-refractivity contribution is -0.384. The molecule has 21 heavy (non-hydrogen) atoms. The average Bonchev–Trinajstić information content (AvgIpc) is 3.15.